The normalized spacial score (nSPS) is 9.47. The maximum Gasteiger partial charge on any atom is 0.167 e. The van der Waals surface area contributed by atoms with Crippen molar-refractivity contribution in [1.29, 1.82) is 0 Å². The third-order valence-electron chi connectivity index (χ3n) is 1.89. The van der Waals surface area contributed by atoms with Crippen LogP contribution in [0.2, 0.25) is 0 Å². The van der Waals surface area contributed by atoms with Crippen molar-refractivity contribution in [3.8, 4) is 0 Å². The molecule has 78 valence electrons. The van der Waals surface area contributed by atoms with Gasteiger partial charge in [-0.15, -0.1) is 0 Å². The highest BCUT2D eigenvalue weighted by Gasteiger charge is 2.16. The fourth-order valence-corrected chi connectivity index (χ4v) is 1.24. The van der Waals surface area contributed by atoms with Crippen molar-refractivity contribution in [2.45, 2.75) is 13.8 Å². The van der Waals surface area contributed by atoms with E-state index >= 15 is 0 Å². The van der Waals surface area contributed by atoms with Crippen molar-refractivity contribution in [2.75, 3.05) is 0 Å². The van der Waals surface area contributed by atoms with Crippen LogP contribution in [-0.4, -0.2) is 21.7 Å². The lowest BCUT2D eigenvalue weighted by atomic mass is 10.0. The Labute approximate surface area is 87.3 Å². The number of nitrogens with zero attached hydrogens (tertiary/aromatic N) is 1. The third-order valence-corrected chi connectivity index (χ3v) is 1.89. The molecule has 0 radical (unpaired) electrons. The molecule has 1 aromatic heterocycles. The molecular weight excluding hydrogens is 194 g/mol. The molecule has 0 aliphatic heterocycles. The van der Waals surface area contributed by atoms with Gasteiger partial charge in [-0.25, -0.2) is 0 Å². The Kier molecular flexibility index (Phi) is 3.33. The van der Waals surface area contributed by atoms with Crippen LogP contribution in [0.5, 0.6) is 0 Å². The van der Waals surface area contributed by atoms with E-state index in [2.05, 4.69) is 4.98 Å². The van der Waals surface area contributed by atoms with Crippen LogP contribution in [0.1, 0.15) is 19.4 Å². The number of pyridine rings is 1. The van der Waals surface area contributed by atoms with Crippen molar-refractivity contribution in [3.05, 3.63) is 35.7 Å². The van der Waals surface area contributed by atoms with Crippen LogP contribution in [0.4, 0.5) is 0 Å². The van der Waals surface area contributed by atoms with E-state index in [1.54, 1.807) is 0 Å². The molecule has 1 N–H and O–H groups in total. The first kappa shape index (κ1) is 11.1. The maximum absolute atomic E-state index is 11.1. The Bertz CT molecular complexity index is 405. The highest BCUT2D eigenvalue weighted by molar-refractivity contribution is 6.22. The number of rotatable bonds is 3. The molecule has 0 aromatic carbocycles. The Morgan fingerprint density at radius 2 is 1.60 bits per heavy atom. The zero-order chi connectivity index (χ0) is 11.4. The summed E-state index contributed by atoms with van der Waals surface area (Å²) in [5.41, 5.74) is 0.228. The average molecular weight is 205 g/mol. The molecule has 15 heavy (non-hydrogen) atoms. The largest absolute Gasteiger partial charge is 0.506 e. The smallest absolute Gasteiger partial charge is 0.167 e. The van der Waals surface area contributed by atoms with Crippen LogP contribution in [0.25, 0.3) is 5.76 Å². The van der Waals surface area contributed by atoms with Crippen LogP contribution >= 0.6 is 0 Å². The lowest BCUT2D eigenvalue weighted by molar-refractivity contribution is -0.119. The minimum atomic E-state index is -0.447. The lowest BCUT2D eigenvalue weighted by Crippen LogP contribution is -2.09. The number of hydrogen-bond donors (Lipinski definition) is 1. The predicted octanol–water partition coefficient (Wildman–Crippen LogP) is 1.53. The van der Waals surface area contributed by atoms with Crippen LogP contribution in [0.3, 0.4) is 0 Å². The second-order valence-electron chi connectivity index (χ2n) is 3.07. The third kappa shape index (κ3) is 2.49. The van der Waals surface area contributed by atoms with Gasteiger partial charge in [0, 0.05) is 18.0 Å². The second kappa shape index (κ2) is 4.50. The number of hydrogen-bond acceptors (Lipinski definition) is 4. The first-order valence-electron chi connectivity index (χ1n) is 4.39. The van der Waals surface area contributed by atoms with Gasteiger partial charge >= 0.3 is 0 Å². The fourth-order valence-electron chi connectivity index (χ4n) is 1.24. The van der Waals surface area contributed by atoms with Gasteiger partial charge in [0.25, 0.3) is 0 Å². The molecule has 1 rings (SSSR count). The molecule has 0 fully saturated rings. The summed E-state index contributed by atoms with van der Waals surface area (Å²) in [6, 6.07) is 3.06. The minimum absolute atomic E-state index is 0.179. The number of aliphatic hydroxyl groups excluding tert-OH is 1. The Balaban J connectivity index is 3.29. The number of aliphatic hydroxyl groups is 1. The van der Waals surface area contributed by atoms with Gasteiger partial charge in [-0.05, 0) is 26.0 Å². The number of aromatic nitrogens is 1. The summed E-state index contributed by atoms with van der Waals surface area (Å²) in [6.45, 7) is 2.49. The average Bonchev–Trinajstić information content (AvgIpc) is 2.18. The molecule has 0 aliphatic rings. The van der Waals surface area contributed by atoms with Crippen molar-refractivity contribution >= 4 is 17.3 Å². The topological polar surface area (TPSA) is 67.3 Å². The number of carbonyl (C=O) groups excluding carboxylic acids is 2. The lowest BCUT2D eigenvalue weighted by Gasteiger charge is -2.04. The summed E-state index contributed by atoms with van der Waals surface area (Å²) in [5, 5.41) is 9.73. The molecule has 4 heteroatoms. The van der Waals surface area contributed by atoms with Gasteiger partial charge in [0.2, 0.25) is 0 Å². The van der Waals surface area contributed by atoms with E-state index < -0.39 is 11.6 Å². The van der Waals surface area contributed by atoms with Gasteiger partial charge in [-0.1, -0.05) is 0 Å². The van der Waals surface area contributed by atoms with Gasteiger partial charge in [0.05, 0.1) is 0 Å². The molecule has 0 aliphatic carbocycles. The van der Waals surface area contributed by atoms with E-state index in [-0.39, 0.29) is 11.3 Å². The SMILES string of the molecule is CC(=O)C(C(C)=O)=C(O)c1ccncc1. The van der Waals surface area contributed by atoms with Gasteiger partial charge in [0.15, 0.2) is 11.6 Å². The first-order valence-corrected chi connectivity index (χ1v) is 4.39. The molecule has 1 heterocycles. The van der Waals surface area contributed by atoms with Crippen LogP contribution in [0, 0.1) is 0 Å². The van der Waals surface area contributed by atoms with Gasteiger partial charge in [-0.2, -0.15) is 0 Å². The first-order chi connectivity index (χ1) is 7.04. The van der Waals surface area contributed by atoms with Gasteiger partial charge in [-0.3, -0.25) is 14.6 Å². The summed E-state index contributed by atoms with van der Waals surface area (Å²) in [6.07, 6.45) is 2.95. The van der Waals surface area contributed by atoms with Crippen molar-refractivity contribution in [1.82, 2.24) is 4.98 Å². The molecule has 0 atom stereocenters. The van der Waals surface area contributed by atoms with Crippen LogP contribution in [-0.2, 0) is 9.59 Å². The number of carbonyl (C=O) groups is 2. The van der Waals surface area contributed by atoms with E-state index in [0.29, 0.717) is 5.56 Å². The molecule has 1 aromatic rings. The van der Waals surface area contributed by atoms with Gasteiger partial charge < -0.3 is 5.11 Å². The maximum atomic E-state index is 11.1. The van der Waals surface area contributed by atoms with Crippen molar-refractivity contribution in [2.24, 2.45) is 0 Å². The van der Waals surface area contributed by atoms with E-state index in [4.69, 9.17) is 0 Å². The molecule has 0 saturated carbocycles. The van der Waals surface area contributed by atoms with E-state index in [0.717, 1.165) is 0 Å². The molecule has 0 spiro atoms. The predicted molar refractivity (Wildman–Crippen MR) is 55.1 cm³/mol. The van der Waals surface area contributed by atoms with Crippen LogP contribution < -0.4 is 0 Å². The van der Waals surface area contributed by atoms with Gasteiger partial charge in [0.1, 0.15) is 11.3 Å². The quantitative estimate of drug-likeness (QED) is 0.351. The molecule has 0 saturated heterocycles. The Hall–Kier alpha value is -1.97. The molecule has 0 unspecified atom stereocenters. The minimum Gasteiger partial charge on any atom is -0.506 e. The summed E-state index contributed by atoms with van der Waals surface area (Å²) in [4.78, 5) is 26.1. The number of Topliss-reactive ketones (excluding diaryl/α,β-unsaturated/α-hetero) is 2. The summed E-state index contributed by atoms with van der Waals surface area (Å²) >= 11 is 0. The van der Waals surface area contributed by atoms with Crippen molar-refractivity contribution < 1.29 is 14.7 Å². The monoisotopic (exact) mass is 205 g/mol. The van der Waals surface area contributed by atoms with E-state index in [9.17, 15) is 14.7 Å². The molecule has 0 amide bonds. The standard InChI is InChI=1S/C11H11NO3/c1-7(13)10(8(2)14)11(15)9-3-5-12-6-4-9/h3-6,15H,1-2H3. The Morgan fingerprint density at radius 3 is 2.00 bits per heavy atom. The van der Waals surface area contributed by atoms with Crippen molar-refractivity contribution in [3.63, 3.8) is 0 Å². The zero-order valence-electron chi connectivity index (χ0n) is 8.52. The fraction of sp³-hybridized carbons (Fsp3) is 0.182. The highest BCUT2D eigenvalue weighted by Crippen LogP contribution is 2.16. The molecule has 0 bridgehead atoms. The number of ketones is 2. The highest BCUT2D eigenvalue weighted by atomic mass is 16.3. The molecular formula is C11H11NO3. The zero-order valence-corrected chi connectivity index (χ0v) is 8.52. The summed E-state index contributed by atoms with van der Waals surface area (Å²) < 4.78 is 0. The van der Waals surface area contributed by atoms with E-state index in [1.165, 1.54) is 38.4 Å². The van der Waals surface area contributed by atoms with E-state index in [1.807, 2.05) is 0 Å². The summed E-state index contributed by atoms with van der Waals surface area (Å²) in [5.74, 6) is -1.19. The number of allylic oxidation sites excluding steroid dienone is 1. The van der Waals surface area contributed by atoms with Crippen LogP contribution in [0.15, 0.2) is 30.1 Å². The Morgan fingerprint density at radius 1 is 1.13 bits per heavy atom. The molecule has 4 nitrogen and oxygen atoms in total. The second-order valence-corrected chi connectivity index (χ2v) is 3.07. The summed E-state index contributed by atoms with van der Waals surface area (Å²) in [7, 11) is 0.